The Morgan fingerprint density at radius 3 is 2.19 bits per heavy atom. The van der Waals surface area contributed by atoms with Crippen LogP contribution in [0.5, 0.6) is 23.0 Å². The van der Waals surface area contributed by atoms with E-state index < -0.39 is 11.5 Å². The molecule has 6 nitrogen and oxygen atoms in total. The lowest BCUT2D eigenvalue weighted by Gasteiger charge is -2.35. The van der Waals surface area contributed by atoms with Gasteiger partial charge in [0.1, 0.15) is 34.8 Å². The molecule has 0 radical (unpaired) electrons. The number of rotatable bonds is 8. The molecule has 0 aromatic heterocycles. The summed E-state index contributed by atoms with van der Waals surface area (Å²) in [6.07, 6.45) is 0.900. The molecular formula is C26H24O6. The summed E-state index contributed by atoms with van der Waals surface area (Å²) in [7, 11) is 4.62. The van der Waals surface area contributed by atoms with Crippen molar-refractivity contribution in [2.24, 2.45) is 0 Å². The maximum Gasteiger partial charge on any atom is 0.219 e. The number of carbonyl (C=O) groups is 2. The lowest BCUT2D eigenvalue weighted by Crippen LogP contribution is -2.43. The van der Waals surface area contributed by atoms with Crippen molar-refractivity contribution in [3.63, 3.8) is 0 Å². The van der Waals surface area contributed by atoms with Gasteiger partial charge in [0.15, 0.2) is 0 Å². The highest BCUT2D eigenvalue weighted by Gasteiger charge is 2.56. The van der Waals surface area contributed by atoms with Gasteiger partial charge in [-0.25, -0.2) is 0 Å². The first-order valence-electron chi connectivity index (χ1n) is 10.2. The third kappa shape index (κ3) is 3.38. The van der Waals surface area contributed by atoms with Gasteiger partial charge in [-0.1, -0.05) is 42.5 Å². The van der Waals surface area contributed by atoms with E-state index in [0.29, 0.717) is 34.1 Å². The largest absolute Gasteiger partial charge is 0.497 e. The summed E-state index contributed by atoms with van der Waals surface area (Å²) < 4.78 is 22.7. The van der Waals surface area contributed by atoms with Crippen molar-refractivity contribution < 1.29 is 28.5 Å². The highest BCUT2D eigenvalue weighted by atomic mass is 16.5. The summed E-state index contributed by atoms with van der Waals surface area (Å²) in [5.41, 5.74) is 0.332. The molecule has 1 heterocycles. The number of hydrogen-bond donors (Lipinski definition) is 0. The van der Waals surface area contributed by atoms with Crippen LogP contribution in [0.4, 0.5) is 0 Å². The van der Waals surface area contributed by atoms with Gasteiger partial charge in [0.25, 0.3) is 0 Å². The highest BCUT2D eigenvalue weighted by Crippen LogP contribution is 2.53. The standard InChI is InChI=1S/C26H24O6/c1-29-19-11-9-17(10-12-19)21(13-14-27)26(18-7-5-4-6-8-18)25(28)24-22(31-3)15-20(30-2)16-23(24)32-26/h4-12,14-16,21H,13H2,1-3H3/t21-,26+/m1/s1. The first kappa shape index (κ1) is 21.4. The van der Waals surface area contributed by atoms with Crippen molar-refractivity contribution in [1.29, 1.82) is 0 Å². The van der Waals surface area contributed by atoms with Gasteiger partial charge in [-0.3, -0.25) is 4.79 Å². The number of fused-ring (bicyclic) bond motifs is 1. The van der Waals surface area contributed by atoms with Crippen molar-refractivity contribution in [2.45, 2.75) is 17.9 Å². The zero-order valence-corrected chi connectivity index (χ0v) is 18.2. The molecule has 3 aromatic carbocycles. The van der Waals surface area contributed by atoms with Crippen LogP contribution in [0.1, 0.15) is 33.8 Å². The molecule has 0 amide bonds. The lowest BCUT2D eigenvalue weighted by molar-refractivity contribution is -0.109. The molecule has 0 aliphatic carbocycles. The zero-order valence-electron chi connectivity index (χ0n) is 18.2. The molecular weight excluding hydrogens is 408 g/mol. The minimum atomic E-state index is -1.45. The smallest absolute Gasteiger partial charge is 0.219 e. The molecule has 0 saturated heterocycles. The minimum Gasteiger partial charge on any atom is -0.497 e. The Balaban J connectivity index is 1.96. The van der Waals surface area contributed by atoms with Crippen LogP contribution in [-0.2, 0) is 10.4 Å². The lowest BCUT2D eigenvalue weighted by atomic mass is 9.72. The number of Topliss-reactive ketones (excluding diaryl/α,β-unsaturated/α-hetero) is 1. The highest BCUT2D eigenvalue weighted by molar-refractivity contribution is 6.11. The van der Waals surface area contributed by atoms with Crippen LogP contribution in [0.25, 0.3) is 0 Å². The molecule has 0 bridgehead atoms. The number of hydrogen-bond acceptors (Lipinski definition) is 6. The van der Waals surface area contributed by atoms with E-state index in [0.717, 1.165) is 11.8 Å². The fourth-order valence-corrected chi connectivity index (χ4v) is 4.33. The first-order chi connectivity index (χ1) is 15.6. The van der Waals surface area contributed by atoms with E-state index >= 15 is 0 Å². The van der Waals surface area contributed by atoms with Crippen LogP contribution >= 0.6 is 0 Å². The fourth-order valence-electron chi connectivity index (χ4n) is 4.33. The molecule has 0 N–H and O–H groups in total. The molecule has 0 saturated carbocycles. The fraction of sp³-hybridized carbons (Fsp3) is 0.231. The van der Waals surface area contributed by atoms with Crippen LogP contribution in [0.3, 0.4) is 0 Å². The maximum absolute atomic E-state index is 14.1. The first-order valence-corrected chi connectivity index (χ1v) is 10.2. The second-order valence-electron chi connectivity index (χ2n) is 7.46. The van der Waals surface area contributed by atoms with Gasteiger partial charge >= 0.3 is 0 Å². The van der Waals surface area contributed by atoms with E-state index in [1.807, 2.05) is 54.6 Å². The normalized spacial score (nSPS) is 17.8. The summed E-state index contributed by atoms with van der Waals surface area (Å²) in [5, 5.41) is 0. The number of aldehydes is 1. The molecule has 0 fully saturated rings. The SMILES string of the molecule is COc1ccc([C@@H](CC=O)[C@]2(c3ccccc3)Oc3cc(OC)cc(OC)c3C2=O)cc1. The van der Waals surface area contributed by atoms with E-state index in [1.165, 1.54) is 14.2 Å². The number of carbonyl (C=O) groups excluding carboxylic acids is 2. The van der Waals surface area contributed by atoms with Crippen molar-refractivity contribution in [2.75, 3.05) is 21.3 Å². The topological polar surface area (TPSA) is 71.1 Å². The van der Waals surface area contributed by atoms with Gasteiger partial charge in [-0.05, 0) is 17.7 Å². The Hall–Kier alpha value is -3.80. The van der Waals surface area contributed by atoms with Gasteiger partial charge in [0.2, 0.25) is 11.4 Å². The summed E-state index contributed by atoms with van der Waals surface area (Å²) >= 11 is 0. The maximum atomic E-state index is 14.1. The Morgan fingerprint density at radius 1 is 0.906 bits per heavy atom. The van der Waals surface area contributed by atoms with E-state index in [1.54, 1.807) is 19.2 Å². The van der Waals surface area contributed by atoms with Crippen molar-refractivity contribution >= 4 is 12.1 Å². The molecule has 32 heavy (non-hydrogen) atoms. The Morgan fingerprint density at radius 2 is 1.59 bits per heavy atom. The Labute approximate surface area is 186 Å². The third-order valence-corrected chi connectivity index (χ3v) is 5.87. The van der Waals surface area contributed by atoms with Crippen LogP contribution in [-0.4, -0.2) is 33.4 Å². The zero-order chi connectivity index (χ0) is 22.7. The summed E-state index contributed by atoms with van der Waals surface area (Å²) in [4.78, 5) is 25.9. The summed E-state index contributed by atoms with van der Waals surface area (Å²) in [5.74, 6) is 1.07. The van der Waals surface area contributed by atoms with E-state index in [4.69, 9.17) is 18.9 Å². The van der Waals surface area contributed by atoms with Gasteiger partial charge in [-0.2, -0.15) is 0 Å². The summed E-state index contributed by atoms with van der Waals surface area (Å²) in [6, 6.07) is 19.9. The van der Waals surface area contributed by atoms with Gasteiger partial charge in [-0.15, -0.1) is 0 Å². The number of benzene rings is 3. The van der Waals surface area contributed by atoms with Gasteiger partial charge < -0.3 is 23.7 Å². The molecule has 1 aliphatic heterocycles. The quantitative estimate of drug-likeness (QED) is 0.486. The molecule has 4 rings (SSSR count). The monoisotopic (exact) mass is 432 g/mol. The number of methoxy groups -OCH3 is 3. The third-order valence-electron chi connectivity index (χ3n) is 5.87. The molecule has 0 spiro atoms. The molecule has 164 valence electrons. The predicted octanol–water partition coefficient (Wildman–Crippen LogP) is 4.56. The van der Waals surface area contributed by atoms with Gasteiger partial charge in [0, 0.05) is 30.0 Å². The number of ether oxygens (including phenoxy) is 4. The minimum absolute atomic E-state index is 0.0837. The van der Waals surface area contributed by atoms with Crippen LogP contribution in [0, 0.1) is 0 Å². The van der Waals surface area contributed by atoms with Crippen LogP contribution in [0.15, 0.2) is 66.7 Å². The summed E-state index contributed by atoms with van der Waals surface area (Å²) in [6.45, 7) is 0. The van der Waals surface area contributed by atoms with Crippen LogP contribution < -0.4 is 18.9 Å². The Bertz CT molecular complexity index is 1120. The molecule has 6 heteroatoms. The predicted molar refractivity (Wildman–Crippen MR) is 119 cm³/mol. The average molecular weight is 432 g/mol. The van der Waals surface area contributed by atoms with Crippen molar-refractivity contribution in [1.82, 2.24) is 0 Å². The molecule has 2 atom stereocenters. The molecule has 3 aromatic rings. The average Bonchev–Trinajstić information content (AvgIpc) is 3.15. The van der Waals surface area contributed by atoms with Crippen LogP contribution in [0.2, 0.25) is 0 Å². The molecule has 0 unspecified atom stereocenters. The van der Waals surface area contributed by atoms with Crippen molar-refractivity contribution in [3.8, 4) is 23.0 Å². The molecule has 1 aliphatic rings. The van der Waals surface area contributed by atoms with E-state index in [9.17, 15) is 9.59 Å². The number of ketones is 1. The van der Waals surface area contributed by atoms with E-state index in [2.05, 4.69) is 0 Å². The second kappa shape index (κ2) is 8.75. The van der Waals surface area contributed by atoms with E-state index in [-0.39, 0.29) is 12.2 Å². The Kier molecular flexibility index (Phi) is 5.86. The van der Waals surface area contributed by atoms with Crippen molar-refractivity contribution in [3.05, 3.63) is 83.4 Å². The van der Waals surface area contributed by atoms with Gasteiger partial charge in [0.05, 0.1) is 21.3 Å². The second-order valence-corrected chi connectivity index (χ2v) is 7.46.